The Balaban J connectivity index is 1.73. The maximum absolute atomic E-state index is 5.43. The molecule has 96 valence electrons. The Morgan fingerprint density at radius 3 is 3.22 bits per heavy atom. The highest BCUT2D eigenvalue weighted by Crippen LogP contribution is 2.33. The summed E-state index contributed by atoms with van der Waals surface area (Å²) in [7, 11) is 2.01. The van der Waals surface area contributed by atoms with E-state index in [1.165, 1.54) is 17.7 Å². The zero-order valence-electron chi connectivity index (χ0n) is 10.4. The van der Waals surface area contributed by atoms with E-state index in [1.807, 2.05) is 7.05 Å². The second kappa shape index (κ2) is 5.20. The number of nitrogens with zero attached hydrogens (tertiary/aromatic N) is 2. The molecule has 2 aromatic heterocycles. The van der Waals surface area contributed by atoms with E-state index in [1.54, 1.807) is 11.3 Å². The molecule has 0 aliphatic heterocycles. The Bertz CT molecular complexity index is 494. The molecule has 1 fully saturated rings. The van der Waals surface area contributed by atoms with Gasteiger partial charge in [0.1, 0.15) is 0 Å². The summed E-state index contributed by atoms with van der Waals surface area (Å²) >= 11 is 1.73. The SMILES string of the molecule is CNC1CCCC1c1nc(Cc2cccs2)no1. The lowest BCUT2D eigenvalue weighted by Gasteiger charge is -2.14. The van der Waals surface area contributed by atoms with E-state index in [-0.39, 0.29) is 0 Å². The number of aromatic nitrogens is 2. The van der Waals surface area contributed by atoms with E-state index < -0.39 is 0 Å². The van der Waals surface area contributed by atoms with Crippen molar-refractivity contribution in [1.29, 1.82) is 0 Å². The van der Waals surface area contributed by atoms with Crippen LogP contribution in [0.2, 0.25) is 0 Å². The molecule has 1 saturated carbocycles. The van der Waals surface area contributed by atoms with Gasteiger partial charge in [0, 0.05) is 17.3 Å². The summed E-state index contributed by atoms with van der Waals surface area (Å²) in [6.07, 6.45) is 4.35. The van der Waals surface area contributed by atoms with Crippen LogP contribution in [0.25, 0.3) is 0 Å². The first-order chi connectivity index (χ1) is 8.86. The Morgan fingerprint density at radius 1 is 1.50 bits per heavy atom. The van der Waals surface area contributed by atoms with Crippen molar-refractivity contribution < 1.29 is 4.52 Å². The van der Waals surface area contributed by atoms with Gasteiger partial charge in [0.2, 0.25) is 5.89 Å². The van der Waals surface area contributed by atoms with Gasteiger partial charge in [0.25, 0.3) is 0 Å². The molecule has 0 aromatic carbocycles. The number of hydrogen-bond donors (Lipinski definition) is 1. The lowest BCUT2D eigenvalue weighted by Crippen LogP contribution is -2.27. The van der Waals surface area contributed by atoms with Crippen molar-refractivity contribution in [3.05, 3.63) is 34.1 Å². The highest BCUT2D eigenvalue weighted by Gasteiger charge is 2.31. The monoisotopic (exact) mass is 263 g/mol. The molecule has 0 spiro atoms. The standard InChI is InChI=1S/C13H17N3OS/c1-14-11-6-2-5-10(11)13-15-12(16-17-13)8-9-4-3-7-18-9/h3-4,7,10-11,14H,2,5-6,8H2,1H3. The molecule has 0 bridgehead atoms. The normalized spacial score (nSPS) is 23.6. The molecular formula is C13H17N3OS. The van der Waals surface area contributed by atoms with Gasteiger partial charge in [0.15, 0.2) is 5.82 Å². The molecule has 18 heavy (non-hydrogen) atoms. The summed E-state index contributed by atoms with van der Waals surface area (Å²) in [4.78, 5) is 5.83. The summed E-state index contributed by atoms with van der Waals surface area (Å²) in [5.41, 5.74) is 0. The van der Waals surface area contributed by atoms with Gasteiger partial charge < -0.3 is 9.84 Å². The lowest BCUT2D eigenvalue weighted by molar-refractivity contribution is 0.333. The van der Waals surface area contributed by atoms with Crippen LogP contribution in [0.15, 0.2) is 22.0 Å². The summed E-state index contributed by atoms with van der Waals surface area (Å²) in [5, 5.41) is 9.51. The highest BCUT2D eigenvalue weighted by molar-refractivity contribution is 7.09. The molecule has 0 saturated heterocycles. The molecule has 5 heteroatoms. The summed E-state index contributed by atoms with van der Waals surface area (Å²) < 4.78 is 5.43. The van der Waals surface area contributed by atoms with Crippen LogP contribution in [-0.2, 0) is 6.42 Å². The maximum atomic E-state index is 5.43. The summed E-state index contributed by atoms with van der Waals surface area (Å²) in [5.74, 6) is 1.99. The molecule has 1 aliphatic rings. The highest BCUT2D eigenvalue weighted by atomic mass is 32.1. The number of hydrogen-bond acceptors (Lipinski definition) is 5. The van der Waals surface area contributed by atoms with E-state index in [0.29, 0.717) is 12.0 Å². The van der Waals surface area contributed by atoms with Crippen LogP contribution in [0.4, 0.5) is 0 Å². The van der Waals surface area contributed by atoms with E-state index in [2.05, 4.69) is 33.0 Å². The summed E-state index contributed by atoms with van der Waals surface area (Å²) in [6, 6.07) is 4.64. The Labute approximate surface area is 110 Å². The van der Waals surface area contributed by atoms with Crippen molar-refractivity contribution in [1.82, 2.24) is 15.5 Å². The van der Waals surface area contributed by atoms with Gasteiger partial charge in [-0.15, -0.1) is 11.3 Å². The maximum Gasteiger partial charge on any atom is 0.231 e. The molecule has 2 atom stereocenters. The molecule has 0 amide bonds. The molecule has 3 rings (SSSR count). The molecule has 0 radical (unpaired) electrons. The van der Waals surface area contributed by atoms with Crippen LogP contribution in [0, 0.1) is 0 Å². The van der Waals surface area contributed by atoms with Gasteiger partial charge in [-0.05, 0) is 31.3 Å². The third-order valence-corrected chi connectivity index (χ3v) is 4.48. The zero-order chi connectivity index (χ0) is 12.4. The van der Waals surface area contributed by atoms with E-state index in [9.17, 15) is 0 Å². The van der Waals surface area contributed by atoms with Crippen molar-refractivity contribution >= 4 is 11.3 Å². The molecule has 1 aliphatic carbocycles. The largest absolute Gasteiger partial charge is 0.339 e. The first kappa shape index (κ1) is 11.9. The number of rotatable bonds is 4. The number of nitrogens with one attached hydrogen (secondary N) is 1. The van der Waals surface area contributed by atoms with Crippen molar-refractivity contribution in [2.75, 3.05) is 7.05 Å². The zero-order valence-corrected chi connectivity index (χ0v) is 11.2. The van der Waals surface area contributed by atoms with Gasteiger partial charge >= 0.3 is 0 Å². The third kappa shape index (κ3) is 2.33. The first-order valence-corrected chi connectivity index (χ1v) is 7.27. The predicted molar refractivity (Wildman–Crippen MR) is 70.9 cm³/mol. The molecule has 1 N–H and O–H groups in total. The van der Waals surface area contributed by atoms with Crippen LogP contribution < -0.4 is 5.32 Å². The quantitative estimate of drug-likeness (QED) is 0.921. The molecule has 2 aromatic rings. The Kier molecular flexibility index (Phi) is 3.43. The van der Waals surface area contributed by atoms with Crippen molar-refractivity contribution in [3.8, 4) is 0 Å². The smallest absolute Gasteiger partial charge is 0.231 e. The fraction of sp³-hybridized carbons (Fsp3) is 0.538. The topological polar surface area (TPSA) is 51.0 Å². The van der Waals surface area contributed by atoms with Gasteiger partial charge in [-0.1, -0.05) is 17.6 Å². The van der Waals surface area contributed by atoms with Gasteiger partial charge in [-0.25, -0.2) is 0 Å². The second-order valence-corrected chi connectivity index (χ2v) is 5.77. The third-order valence-electron chi connectivity index (χ3n) is 3.60. The van der Waals surface area contributed by atoms with Crippen LogP contribution in [0.1, 0.15) is 41.8 Å². The van der Waals surface area contributed by atoms with Gasteiger partial charge in [-0.3, -0.25) is 0 Å². The first-order valence-electron chi connectivity index (χ1n) is 6.39. The lowest BCUT2D eigenvalue weighted by atomic mass is 10.0. The van der Waals surface area contributed by atoms with Gasteiger partial charge in [0.05, 0.1) is 5.92 Å². The van der Waals surface area contributed by atoms with Crippen LogP contribution in [-0.4, -0.2) is 23.2 Å². The fourth-order valence-electron chi connectivity index (χ4n) is 2.66. The Hall–Kier alpha value is -1.20. The second-order valence-electron chi connectivity index (χ2n) is 4.74. The number of likely N-dealkylation sites (N-methyl/N-ethyl adjacent to an activating group) is 1. The number of thiophene rings is 1. The average Bonchev–Trinajstić information content (AvgIpc) is 3.09. The Morgan fingerprint density at radius 2 is 2.44 bits per heavy atom. The average molecular weight is 263 g/mol. The van der Waals surface area contributed by atoms with Crippen molar-refractivity contribution in [2.45, 2.75) is 37.6 Å². The fourth-order valence-corrected chi connectivity index (χ4v) is 3.36. The minimum absolute atomic E-state index is 0.389. The van der Waals surface area contributed by atoms with Gasteiger partial charge in [-0.2, -0.15) is 4.98 Å². The minimum atomic E-state index is 0.389. The molecule has 2 heterocycles. The van der Waals surface area contributed by atoms with E-state index in [4.69, 9.17) is 4.52 Å². The minimum Gasteiger partial charge on any atom is -0.339 e. The van der Waals surface area contributed by atoms with Crippen molar-refractivity contribution in [3.63, 3.8) is 0 Å². The van der Waals surface area contributed by atoms with Crippen molar-refractivity contribution in [2.24, 2.45) is 0 Å². The predicted octanol–water partition coefficient (Wildman–Crippen LogP) is 2.58. The molecule has 4 nitrogen and oxygen atoms in total. The van der Waals surface area contributed by atoms with Crippen LogP contribution in [0.3, 0.4) is 0 Å². The summed E-state index contributed by atoms with van der Waals surface area (Å²) in [6.45, 7) is 0. The van der Waals surface area contributed by atoms with Crippen LogP contribution in [0.5, 0.6) is 0 Å². The van der Waals surface area contributed by atoms with E-state index in [0.717, 1.165) is 24.6 Å². The van der Waals surface area contributed by atoms with E-state index >= 15 is 0 Å². The van der Waals surface area contributed by atoms with Crippen LogP contribution >= 0.6 is 11.3 Å². The molecular weight excluding hydrogens is 246 g/mol. The molecule has 2 unspecified atom stereocenters.